The summed E-state index contributed by atoms with van der Waals surface area (Å²) in [6.07, 6.45) is 3.25. The third-order valence-electron chi connectivity index (χ3n) is 4.98. The zero-order valence-electron chi connectivity index (χ0n) is 17.8. The van der Waals surface area contributed by atoms with Crippen molar-refractivity contribution in [3.63, 3.8) is 0 Å². The largest absolute Gasteiger partial charge is 0.486 e. The average Bonchev–Trinajstić information content (AvgIpc) is 3.24. The van der Waals surface area contributed by atoms with Crippen molar-refractivity contribution >= 4 is 45.7 Å². The van der Waals surface area contributed by atoms with Crippen molar-refractivity contribution in [1.29, 1.82) is 0 Å². The normalized spacial score (nSPS) is 15.1. The molecule has 0 saturated carbocycles. The van der Waals surface area contributed by atoms with Gasteiger partial charge in [-0.1, -0.05) is 17.7 Å². The minimum atomic E-state index is 0.147. The van der Waals surface area contributed by atoms with Crippen LogP contribution in [-0.2, 0) is 11.3 Å². The van der Waals surface area contributed by atoms with E-state index in [4.69, 9.17) is 21.1 Å². The van der Waals surface area contributed by atoms with Crippen molar-refractivity contribution in [2.24, 2.45) is 4.99 Å². The van der Waals surface area contributed by atoms with Crippen molar-refractivity contribution in [2.45, 2.75) is 19.6 Å². The molecular formula is C24H21ClN6O2. The summed E-state index contributed by atoms with van der Waals surface area (Å²) in [6, 6.07) is 17.7. The number of aliphatic imine (C=N–C) groups is 1. The van der Waals surface area contributed by atoms with Crippen LogP contribution in [0.15, 0.2) is 72.1 Å². The van der Waals surface area contributed by atoms with Gasteiger partial charge in [0, 0.05) is 23.0 Å². The molecule has 1 aliphatic rings. The number of benzene rings is 2. The first-order valence-electron chi connectivity index (χ1n) is 10.5. The molecule has 5 rings (SSSR count). The first-order valence-corrected chi connectivity index (χ1v) is 10.8. The van der Waals surface area contributed by atoms with Crippen LogP contribution in [0, 0.1) is 0 Å². The van der Waals surface area contributed by atoms with E-state index in [9.17, 15) is 0 Å². The van der Waals surface area contributed by atoms with Gasteiger partial charge in [0.25, 0.3) is 6.02 Å². The first kappa shape index (κ1) is 21.0. The van der Waals surface area contributed by atoms with Gasteiger partial charge < -0.3 is 20.1 Å². The third-order valence-corrected chi connectivity index (χ3v) is 5.28. The minimum Gasteiger partial charge on any atom is -0.486 e. The summed E-state index contributed by atoms with van der Waals surface area (Å²) in [5.41, 5.74) is 3.25. The Morgan fingerprint density at radius 1 is 1.03 bits per heavy atom. The number of fused-ring (bicyclic) bond motifs is 1. The van der Waals surface area contributed by atoms with Gasteiger partial charge in [0.15, 0.2) is 0 Å². The summed E-state index contributed by atoms with van der Waals surface area (Å²) >= 11 is 6.46. The van der Waals surface area contributed by atoms with E-state index in [0.29, 0.717) is 35.8 Å². The van der Waals surface area contributed by atoms with Crippen LogP contribution in [0.5, 0.6) is 5.75 Å². The number of aromatic nitrogens is 3. The number of pyridine rings is 1. The van der Waals surface area contributed by atoms with E-state index in [1.807, 2.05) is 55.5 Å². The Morgan fingerprint density at radius 3 is 2.70 bits per heavy atom. The fraction of sp³-hybridized carbons (Fsp3) is 0.167. The van der Waals surface area contributed by atoms with Crippen molar-refractivity contribution in [1.82, 2.24) is 15.0 Å². The molecule has 0 fully saturated rings. The van der Waals surface area contributed by atoms with E-state index in [1.54, 1.807) is 12.3 Å². The fourth-order valence-corrected chi connectivity index (χ4v) is 3.60. The SMILES string of the molecule is C[C@H]1COC(Nc2ccc3ncnc(Nc4ccc(OCc5ccccn5)c(Cl)c4)c3c2)=N1. The van der Waals surface area contributed by atoms with Gasteiger partial charge in [0.2, 0.25) is 0 Å². The quantitative estimate of drug-likeness (QED) is 0.409. The van der Waals surface area contributed by atoms with Crippen molar-refractivity contribution in [3.8, 4) is 5.75 Å². The molecule has 1 atom stereocenters. The lowest BCUT2D eigenvalue weighted by Gasteiger charge is -2.12. The topological polar surface area (TPSA) is 93.5 Å². The second kappa shape index (κ2) is 9.30. The number of amidine groups is 1. The van der Waals surface area contributed by atoms with Gasteiger partial charge in [-0.3, -0.25) is 4.98 Å². The molecular weight excluding hydrogens is 440 g/mol. The van der Waals surface area contributed by atoms with E-state index in [2.05, 4.69) is 30.6 Å². The predicted molar refractivity (Wildman–Crippen MR) is 129 cm³/mol. The number of hydrogen-bond donors (Lipinski definition) is 2. The number of hydrogen-bond acceptors (Lipinski definition) is 8. The summed E-state index contributed by atoms with van der Waals surface area (Å²) in [5.74, 6) is 1.24. The molecule has 0 spiro atoms. The second-order valence-corrected chi connectivity index (χ2v) is 7.96. The number of rotatable bonds is 6. The molecule has 166 valence electrons. The number of ether oxygens (including phenoxy) is 2. The van der Waals surface area contributed by atoms with Crippen LogP contribution in [0.1, 0.15) is 12.6 Å². The number of nitrogens with zero attached hydrogens (tertiary/aromatic N) is 4. The van der Waals surface area contributed by atoms with Crippen LogP contribution in [-0.4, -0.2) is 33.6 Å². The van der Waals surface area contributed by atoms with Crippen LogP contribution in [0.2, 0.25) is 5.02 Å². The summed E-state index contributed by atoms with van der Waals surface area (Å²) in [7, 11) is 0. The van der Waals surface area contributed by atoms with Gasteiger partial charge in [0.1, 0.15) is 31.1 Å². The highest BCUT2D eigenvalue weighted by molar-refractivity contribution is 6.32. The maximum Gasteiger partial charge on any atom is 0.289 e. The molecule has 2 aromatic carbocycles. The van der Waals surface area contributed by atoms with Crippen LogP contribution < -0.4 is 15.4 Å². The maximum absolute atomic E-state index is 6.46. The van der Waals surface area contributed by atoms with Gasteiger partial charge in [0.05, 0.1) is 22.3 Å². The van der Waals surface area contributed by atoms with E-state index < -0.39 is 0 Å². The number of anilines is 3. The number of nitrogens with one attached hydrogen (secondary N) is 2. The Hall–Kier alpha value is -3.91. The van der Waals surface area contributed by atoms with Crippen LogP contribution in [0.25, 0.3) is 10.9 Å². The Kier molecular flexibility index (Phi) is 5.91. The third kappa shape index (κ3) is 4.96. The molecule has 0 saturated heterocycles. The molecule has 2 aromatic heterocycles. The average molecular weight is 461 g/mol. The molecule has 0 bridgehead atoms. The second-order valence-electron chi connectivity index (χ2n) is 7.55. The fourth-order valence-electron chi connectivity index (χ4n) is 3.37. The van der Waals surface area contributed by atoms with E-state index in [1.165, 1.54) is 6.33 Å². The lowest BCUT2D eigenvalue weighted by molar-refractivity contribution is 0.301. The van der Waals surface area contributed by atoms with Crippen LogP contribution in [0.3, 0.4) is 0 Å². The zero-order valence-corrected chi connectivity index (χ0v) is 18.6. The van der Waals surface area contributed by atoms with Crippen molar-refractivity contribution < 1.29 is 9.47 Å². The maximum atomic E-state index is 6.46. The summed E-state index contributed by atoms with van der Waals surface area (Å²) < 4.78 is 11.3. The van der Waals surface area contributed by atoms with E-state index in [-0.39, 0.29) is 6.04 Å². The zero-order chi connectivity index (χ0) is 22.6. The number of halogens is 1. The van der Waals surface area contributed by atoms with Gasteiger partial charge >= 0.3 is 0 Å². The molecule has 0 radical (unpaired) electrons. The molecule has 0 aliphatic carbocycles. The molecule has 0 amide bonds. The Morgan fingerprint density at radius 2 is 1.91 bits per heavy atom. The van der Waals surface area contributed by atoms with Crippen molar-refractivity contribution in [2.75, 3.05) is 17.2 Å². The van der Waals surface area contributed by atoms with E-state index in [0.717, 1.165) is 28.0 Å². The minimum absolute atomic E-state index is 0.147. The standard InChI is InChI=1S/C24H21ClN6O2/c1-15-12-33-24(29-15)31-16-5-7-21-19(10-16)23(28-14-27-21)30-17-6-8-22(20(25)11-17)32-13-18-4-2-3-9-26-18/h2-11,14-15H,12-13H2,1H3,(H,29,31)(H,27,28,30)/t15-/m0/s1. The van der Waals surface area contributed by atoms with Crippen LogP contribution in [0.4, 0.5) is 17.2 Å². The lowest BCUT2D eigenvalue weighted by Crippen LogP contribution is -2.11. The lowest BCUT2D eigenvalue weighted by atomic mass is 10.2. The first-order chi connectivity index (χ1) is 16.1. The molecule has 3 heterocycles. The molecule has 0 unspecified atom stereocenters. The summed E-state index contributed by atoms with van der Waals surface area (Å²) in [5, 5.41) is 7.86. The smallest absolute Gasteiger partial charge is 0.289 e. The highest BCUT2D eigenvalue weighted by Crippen LogP contribution is 2.31. The summed E-state index contributed by atoms with van der Waals surface area (Å²) in [4.78, 5) is 17.4. The van der Waals surface area contributed by atoms with Crippen molar-refractivity contribution in [3.05, 3.63) is 77.8 Å². The Labute approximate surface area is 195 Å². The monoisotopic (exact) mass is 460 g/mol. The van der Waals surface area contributed by atoms with Gasteiger partial charge in [-0.05, 0) is 55.5 Å². The Bertz CT molecular complexity index is 1320. The molecule has 2 N–H and O–H groups in total. The van der Waals surface area contributed by atoms with Gasteiger partial charge in [-0.15, -0.1) is 0 Å². The highest BCUT2D eigenvalue weighted by Gasteiger charge is 2.15. The molecule has 9 heteroatoms. The molecule has 1 aliphatic heterocycles. The predicted octanol–water partition coefficient (Wildman–Crippen LogP) is 5.19. The summed E-state index contributed by atoms with van der Waals surface area (Å²) in [6.45, 7) is 2.92. The van der Waals surface area contributed by atoms with Gasteiger partial charge in [-0.2, -0.15) is 0 Å². The van der Waals surface area contributed by atoms with Gasteiger partial charge in [-0.25, -0.2) is 15.0 Å². The van der Waals surface area contributed by atoms with E-state index >= 15 is 0 Å². The van der Waals surface area contributed by atoms with Crippen LogP contribution >= 0.6 is 11.6 Å². The molecule has 33 heavy (non-hydrogen) atoms. The molecule has 4 aromatic rings. The molecule has 8 nitrogen and oxygen atoms in total. The highest BCUT2D eigenvalue weighted by atomic mass is 35.5. The Balaban J connectivity index is 1.34.